The third kappa shape index (κ3) is 6.04. The third-order valence-electron chi connectivity index (χ3n) is 6.06. The lowest BCUT2D eigenvalue weighted by atomic mass is 10.1. The molecule has 0 bridgehead atoms. The molecule has 0 spiro atoms. The Morgan fingerprint density at radius 2 is 1.81 bits per heavy atom. The minimum Gasteiger partial charge on any atom is -0.493 e. The number of benzene rings is 3. The molecule has 6 nitrogen and oxygen atoms in total. The topological polar surface area (TPSA) is 64.8 Å². The lowest BCUT2D eigenvalue weighted by Gasteiger charge is -2.17. The van der Waals surface area contributed by atoms with E-state index >= 15 is 0 Å². The second-order valence-corrected chi connectivity index (χ2v) is 9.09. The molecular formula is C30H30ClN3O3. The summed E-state index contributed by atoms with van der Waals surface area (Å²) >= 11 is 6.41. The number of hydrogen-bond acceptors (Lipinski definition) is 4. The Hall–Kier alpha value is -4.03. The van der Waals surface area contributed by atoms with Crippen LogP contribution in [0.1, 0.15) is 41.9 Å². The van der Waals surface area contributed by atoms with Gasteiger partial charge in [-0.1, -0.05) is 48.9 Å². The van der Waals surface area contributed by atoms with E-state index in [-0.39, 0.29) is 12.0 Å². The number of hydrogen-bond donors (Lipinski definition) is 1. The molecule has 4 rings (SSSR count). The van der Waals surface area contributed by atoms with Gasteiger partial charge in [0.15, 0.2) is 11.5 Å². The maximum atomic E-state index is 12.7. The van der Waals surface area contributed by atoms with Gasteiger partial charge in [0.2, 0.25) is 0 Å². The molecule has 3 aromatic carbocycles. The van der Waals surface area contributed by atoms with Gasteiger partial charge in [0, 0.05) is 16.9 Å². The number of nitrogens with one attached hydrogen (secondary N) is 1. The maximum Gasteiger partial charge on any atom is 0.271 e. The molecule has 0 aliphatic heterocycles. The molecule has 0 radical (unpaired) electrons. The highest BCUT2D eigenvalue weighted by Crippen LogP contribution is 2.37. The van der Waals surface area contributed by atoms with E-state index < -0.39 is 0 Å². The van der Waals surface area contributed by atoms with Crippen LogP contribution in [-0.4, -0.2) is 29.9 Å². The van der Waals surface area contributed by atoms with Crippen molar-refractivity contribution in [2.75, 3.05) is 7.11 Å². The Balaban J connectivity index is 1.47. The van der Waals surface area contributed by atoms with Gasteiger partial charge < -0.3 is 14.0 Å². The minimum atomic E-state index is -0.315. The lowest BCUT2D eigenvalue weighted by molar-refractivity contribution is 0.0955. The van der Waals surface area contributed by atoms with Crippen LogP contribution in [0.5, 0.6) is 11.5 Å². The van der Waals surface area contributed by atoms with Gasteiger partial charge >= 0.3 is 0 Å². The van der Waals surface area contributed by atoms with Gasteiger partial charge in [-0.25, -0.2) is 5.43 Å². The summed E-state index contributed by atoms with van der Waals surface area (Å²) in [5.41, 5.74) is 8.04. The van der Waals surface area contributed by atoms with Crippen molar-refractivity contribution in [2.24, 2.45) is 5.10 Å². The Morgan fingerprint density at radius 3 is 2.49 bits per heavy atom. The number of carbonyl (C=O) groups is 1. The van der Waals surface area contributed by atoms with Crippen LogP contribution in [0.25, 0.3) is 16.9 Å². The number of aryl methyl sites for hydroxylation is 1. The number of methoxy groups -OCH3 is 1. The van der Waals surface area contributed by atoms with Crippen molar-refractivity contribution in [1.29, 1.82) is 0 Å². The molecule has 0 fully saturated rings. The predicted octanol–water partition coefficient (Wildman–Crippen LogP) is 7.06. The molecule has 1 aromatic heterocycles. The average Bonchev–Trinajstić information content (AvgIpc) is 3.31. The minimum absolute atomic E-state index is 0.00273. The van der Waals surface area contributed by atoms with Crippen molar-refractivity contribution >= 4 is 23.7 Å². The number of nitrogens with zero attached hydrogens (tertiary/aromatic N) is 2. The zero-order chi connectivity index (χ0) is 26.4. The smallest absolute Gasteiger partial charge is 0.271 e. The van der Waals surface area contributed by atoms with Crippen molar-refractivity contribution < 1.29 is 14.3 Å². The van der Waals surface area contributed by atoms with E-state index in [9.17, 15) is 4.79 Å². The first-order chi connectivity index (χ1) is 17.9. The predicted molar refractivity (Wildman–Crippen MR) is 149 cm³/mol. The van der Waals surface area contributed by atoms with Crippen LogP contribution in [0, 0.1) is 6.92 Å². The molecule has 1 amide bonds. The van der Waals surface area contributed by atoms with Gasteiger partial charge in [-0.2, -0.15) is 5.10 Å². The fourth-order valence-corrected chi connectivity index (χ4v) is 4.18. The molecule has 37 heavy (non-hydrogen) atoms. The van der Waals surface area contributed by atoms with E-state index in [2.05, 4.69) is 46.3 Å². The molecular weight excluding hydrogens is 486 g/mol. The Bertz CT molecular complexity index is 1400. The second kappa shape index (κ2) is 11.8. The SMILES string of the molecule is CC[C@@H](C)Oc1c(Cl)cc(/C=N/NC(=O)c2ccc(-n3c(C)ccc3-c3ccccc3)cc2)cc1OC. The molecule has 0 unspecified atom stereocenters. The first-order valence-electron chi connectivity index (χ1n) is 12.1. The Labute approximate surface area is 222 Å². The normalized spacial score (nSPS) is 11.9. The molecule has 0 saturated carbocycles. The Morgan fingerprint density at radius 1 is 1.08 bits per heavy atom. The quantitative estimate of drug-likeness (QED) is 0.192. The number of rotatable bonds is 9. The van der Waals surface area contributed by atoms with Crippen molar-refractivity contribution in [3.8, 4) is 28.4 Å². The van der Waals surface area contributed by atoms with E-state index in [1.54, 1.807) is 31.4 Å². The van der Waals surface area contributed by atoms with Crippen LogP contribution >= 0.6 is 11.6 Å². The van der Waals surface area contributed by atoms with Gasteiger partial charge in [0.25, 0.3) is 5.91 Å². The van der Waals surface area contributed by atoms with Crippen LogP contribution < -0.4 is 14.9 Å². The van der Waals surface area contributed by atoms with E-state index in [1.165, 1.54) is 6.21 Å². The fraction of sp³-hybridized carbons (Fsp3) is 0.200. The second-order valence-electron chi connectivity index (χ2n) is 8.68. The van der Waals surface area contributed by atoms with Crippen LogP contribution in [0.15, 0.2) is 84.0 Å². The van der Waals surface area contributed by atoms with Gasteiger partial charge in [-0.3, -0.25) is 4.79 Å². The lowest BCUT2D eigenvalue weighted by Crippen LogP contribution is -2.17. The number of carbonyl (C=O) groups excluding carboxylic acids is 1. The van der Waals surface area contributed by atoms with E-state index in [0.29, 0.717) is 27.6 Å². The summed E-state index contributed by atoms with van der Waals surface area (Å²) in [5.74, 6) is 0.685. The van der Waals surface area contributed by atoms with Crippen LogP contribution in [0.4, 0.5) is 0 Å². The molecule has 0 aliphatic carbocycles. The molecule has 190 valence electrons. The molecule has 7 heteroatoms. The number of halogens is 1. The molecule has 1 atom stereocenters. The first-order valence-corrected chi connectivity index (χ1v) is 12.5. The third-order valence-corrected chi connectivity index (χ3v) is 6.34. The van der Waals surface area contributed by atoms with Crippen molar-refractivity contribution in [1.82, 2.24) is 9.99 Å². The van der Waals surface area contributed by atoms with Gasteiger partial charge in [0.1, 0.15) is 0 Å². The highest BCUT2D eigenvalue weighted by Gasteiger charge is 2.14. The number of ether oxygens (including phenoxy) is 2. The average molecular weight is 516 g/mol. The molecule has 0 aliphatic rings. The summed E-state index contributed by atoms with van der Waals surface area (Å²) in [6.07, 6.45) is 2.36. The maximum absolute atomic E-state index is 12.7. The molecule has 4 aromatic rings. The summed E-state index contributed by atoms with van der Waals surface area (Å²) in [6, 6.07) is 25.3. The summed E-state index contributed by atoms with van der Waals surface area (Å²) in [5, 5.41) is 4.51. The zero-order valence-corrected chi connectivity index (χ0v) is 22.1. The molecule has 0 saturated heterocycles. The highest BCUT2D eigenvalue weighted by molar-refractivity contribution is 6.32. The highest BCUT2D eigenvalue weighted by atomic mass is 35.5. The van der Waals surface area contributed by atoms with E-state index in [0.717, 1.165) is 29.1 Å². The standard InChI is InChI=1S/C30H30ClN3O3/c1-5-21(3)37-29-26(31)17-22(18-28(29)36-4)19-32-33-30(35)24-12-14-25(15-13-24)34-20(2)11-16-27(34)23-9-7-6-8-10-23/h6-19,21H,5H2,1-4H3,(H,33,35)/b32-19+/t21-/m1/s1. The number of hydrazone groups is 1. The summed E-state index contributed by atoms with van der Waals surface area (Å²) < 4.78 is 13.5. The number of amides is 1. The van der Waals surface area contributed by atoms with Crippen molar-refractivity contribution in [3.63, 3.8) is 0 Å². The largest absolute Gasteiger partial charge is 0.493 e. The molecule has 1 N–H and O–H groups in total. The van der Waals surface area contributed by atoms with Crippen molar-refractivity contribution in [2.45, 2.75) is 33.3 Å². The van der Waals surface area contributed by atoms with Crippen LogP contribution in [0.2, 0.25) is 5.02 Å². The monoisotopic (exact) mass is 515 g/mol. The summed E-state index contributed by atoms with van der Waals surface area (Å²) in [6.45, 7) is 6.06. The Kier molecular flexibility index (Phi) is 8.31. The first kappa shape index (κ1) is 26.0. The van der Waals surface area contributed by atoms with Gasteiger partial charge in [-0.05, 0) is 79.9 Å². The summed E-state index contributed by atoms with van der Waals surface area (Å²) in [4.78, 5) is 12.7. The van der Waals surface area contributed by atoms with Gasteiger partial charge in [-0.15, -0.1) is 0 Å². The van der Waals surface area contributed by atoms with Crippen LogP contribution in [-0.2, 0) is 0 Å². The van der Waals surface area contributed by atoms with Crippen LogP contribution in [0.3, 0.4) is 0 Å². The fourth-order valence-electron chi connectivity index (χ4n) is 3.92. The summed E-state index contributed by atoms with van der Waals surface area (Å²) in [7, 11) is 1.56. The van der Waals surface area contributed by atoms with Gasteiger partial charge in [0.05, 0.1) is 30.1 Å². The zero-order valence-electron chi connectivity index (χ0n) is 21.4. The molecule has 1 heterocycles. The number of aromatic nitrogens is 1. The van der Waals surface area contributed by atoms with Crippen molar-refractivity contribution in [3.05, 3.63) is 101 Å². The van der Waals surface area contributed by atoms with E-state index in [4.69, 9.17) is 21.1 Å². The van der Waals surface area contributed by atoms with E-state index in [1.807, 2.05) is 44.2 Å².